The molecule has 1 aromatic rings. The standard InChI is InChI=1S/C36H51ClN4O10/c1-20-11-10-12-27(48-9)36(46)19-26(49-34(45)39-36)21(2)32-35(4,51-32)28(50-33(44)22(3)40(6)29(42)13-14-38-5)18-30(43)41(7)24-16-23(15-20)17-25(47-8)31(24)37/h10-12,16-17,21-22,26-28,32,38,46H,13-15,18-19H2,1-9H3,(H,39,45)/b12-10+,20-11+/t21-,22+,26+,27-,28?,32+,35+,36+/m1/s1. The van der Waals surface area contributed by atoms with Gasteiger partial charge in [0.25, 0.3) is 0 Å². The topological polar surface area (TPSA) is 169 Å². The predicted molar refractivity (Wildman–Crippen MR) is 189 cm³/mol. The number of ether oxygens (including phenoxy) is 5. The highest BCUT2D eigenvalue weighted by Gasteiger charge is 2.64. The minimum atomic E-state index is -1.82. The van der Waals surface area contributed by atoms with E-state index in [-0.39, 0.29) is 30.2 Å². The number of nitrogens with zero attached hydrogens (tertiary/aromatic N) is 2. The highest BCUT2D eigenvalue weighted by Crippen LogP contribution is 2.49. The van der Waals surface area contributed by atoms with Crippen LogP contribution in [0, 0.1) is 5.92 Å². The van der Waals surface area contributed by atoms with Crippen LogP contribution in [0.1, 0.15) is 52.5 Å². The third kappa shape index (κ3) is 8.86. The first-order valence-corrected chi connectivity index (χ1v) is 17.4. The van der Waals surface area contributed by atoms with Crippen LogP contribution in [-0.2, 0) is 39.8 Å². The normalized spacial score (nSPS) is 31.9. The maximum absolute atomic E-state index is 14.1. The van der Waals surface area contributed by atoms with Crippen molar-refractivity contribution in [2.75, 3.05) is 46.8 Å². The summed E-state index contributed by atoms with van der Waals surface area (Å²) in [5.41, 5.74) is -0.896. The fourth-order valence-electron chi connectivity index (χ4n) is 6.63. The number of benzene rings is 1. The number of epoxide rings is 1. The van der Waals surface area contributed by atoms with E-state index in [1.54, 1.807) is 59.2 Å². The number of alkyl carbamates (subject to hydrolysis) is 1. The second kappa shape index (κ2) is 16.3. The quantitative estimate of drug-likeness (QED) is 0.265. The molecule has 1 unspecified atom stereocenters. The smallest absolute Gasteiger partial charge is 0.409 e. The Balaban J connectivity index is 1.76. The fourth-order valence-corrected chi connectivity index (χ4v) is 6.94. The molecule has 0 aliphatic carbocycles. The van der Waals surface area contributed by atoms with Crippen LogP contribution in [0.25, 0.3) is 0 Å². The van der Waals surface area contributed by atoms with Crippen molar-refractivity contribution in [3.8, 4) is 5.75 Å². The lowest BCUT2D eigenvalue weighted by atomic mass is 9.83. The van der Waals surface area contributed by atoms with Gasteiger partial charge in [0.15, 0.2) is 5.72 Å². The number of hydrogen-bond acceptors (Lipinski definition) is 11. The van der Waals surface area contributed by atoms with E-state index < -0.39 is 65.7 Å². The van der Waals surface area contributed by atoms with Gasteiger partial charge in [-0.3, -0.25) is 14.9 Å². The molecule has 0 spiro atoms. The number of rotatable bonds is 8. The Morgan fingerprint density at radius 2 is 1.98 bits per heavy atom. The highest BCUT2D eigenvalue weighted by atomic mass is 35.5. The van der Waals surface area contributed by atoms with E-state index >= 15 is 0 Å². The van der Waals surface area contributed by atoms with Crippen molar-refractivity contribution in [2.45, 2.75) is 95.2 Å². The monoisotopic (exact) mass is 734 g/mol. The molecule has 3 amide bonds. The molecule has 4 bridgehead atoms. The van der Waals surface area contributed by atoms with Crippen molar-refractivity contribution >= 4 is 41.2 Å². The summed E-state index contributed by atoms with van der Waals surface area (Å²) in [6.45, 7) is 7.42. The number of amides is 3. The van der Waals surface area contributed by atoms with Gasteiger partial charge >= 0.3 is 12.1 Å². The Morgan fingerprint density at radius 1 is 1.27 bits per heavy atom. The zero-order chi connectivity index (χ0) is 37.8. The minimum absolute atomic E-state index is 0.0474. The number of esters is 1. The van der Waals surface area contributed by atoms with E-state index in [4.69, 9.17) is 35.3 Å². The molecule has 3 N–H and O–H groups in total. The highest BCUT2D eigenvalue weighted by molar-refractivity contribution is 6.35. The molecule has 3 aliphatic heterocycles. The number of aliphatic hydroxyl groups is 1. The Kier molecular flexibility index (Phi) is 12.8. The van der Waals surface area contributed by atoms with Crippen molar-refractivity contribution in [3.05, 3.63) is 46.5 Å². The maximum Gasteiger partial charge on any atom is 0.409 e. The van der Waals surface area contributed by atoms with Crippen LogP contribution in [0.3, 0.4) is 0 Å². The number of nitrogens with one attached hydrogen (secondary N) is 2. The Hall–Kier alpha value is -3.69. The third-order valence-electron chi connectivity index (χ3n) is 10.1. The van der Waals surface area contributed by atoms with Gasteiger partial charge in [-0.25, -0.2) is 9.59 Å². The molecule has 2 fully saturated rings. The van der Waals surface area contributed by atoms with Crippen molar-refractivity contribution in [1.29, 1.82) is 0 Å². The van der Waals surface area contributed by atoms with Gasteiger partial charge in [-0.2, -0.15) is 0 Å². The zero-order valence-electron chi connectivity index (χ0n) is 30.8. The Bertz CT molecular complexity index is 1550. The van der Waals surface area contributed by atoms with Crippen LogP contribution in [0.15, 0.2) is 35.9 Å². The number of likely N-dealkylation sites (N-methyl/N-ethyl adjacent to an activating group) is 1. The first-order chi connectivity index (χ1) is 24.0. The molecule has 15 heteroatoms. The molecule has 0 aromatic heterocycles. The summed E-state index contributed by atoms with van der Waals surface area (Å²) in [7, 11) is 7.74. The Labute approximate surface area is 304 Å². The largest absolute Gasteiger partial charge is 0.495 e. The first-order valence-electron chi connectivity index (χ1n) is 17.0. The summed E-state index contributed by atoms with van der Waals surface area (Å²) in [5, 5.41) is 17.4. The van der Waals surface area contributed by atoms with Crippen molar-refractivity contribution < 1.29 is 48.0 Å². The van der Waals surface area contributed by atoms with Crippen LogP contribution >= 0.6 is 11.6 Å². The van der Waals surface area contributed by atoms with Crippen molar-refractivity contribution in [2.24, 2.45) is 5.92 Å². The number of anilines is 1. The van der Waals surface area contributed by atoms with Gasteiger partial charge in [0, 0.05) is 46.5 Å². The molecule has 8 atom stereocenters. The molecule has 14 nitrogen and oxygen atoms in total. The molecule has 3 aliphatic rings. The van der Waals surface area contributed by atoms with Gasteiger partial charge in [-0.1, -0.05) is 42.3 Å². The summed E-state index contributed by atoms with van der Waals surface area (Å²) < 4.78 is 29.1. The SMILES string of the molecule is CNCCC(=O)N(C)[C@@H](C)C(=O)OC1CC(=O)N(C)c2cc(cc(OC)c2Cl)C/C(C)=C/C=C/[C@@H](OC)[C@@]2(O)C[C@H](OC(=O)N2)[C@@H](C)[C@@H]2O[C@@]12C. The van der Waals surface area contributed by atoms with Gasteiger partial charge < -0.3 is 43.9 Å². The van der Waals surface area contributed by atoms with E-state index in [9.17, 15) is 24.3 Å². The van der Waals surface area contributed by atoms with Gasteiger partial charge in [-0.15, -0.1) is 0 Å². The molecule has 1 aromatic carbocycles. The van der Waals surface area contributed by atoms with Gasteiger partial charge in [0.05, 0.1) is 25.3 Å². The van der Waals surface area contributed by atoms with E-state index in [2.05, 4.69) is 10.6 Å². The van der Waals surface area contributed by atoms with Crippen LogP contribution in [0.4, 0.5) is 10.5 Å². The molecular weight excluding hydrogens is 684 g/mol. The lowest BCUT2D eigenvalue weighted by Crippen LogP contribution is -2.63. The van der Waals surface area contributed by atoms with E-state index in [0.29, 0.717) is 24.4 Å². The zero-order valence-corrected chi connectivity index (χ0v) is 31.5. The summed E-state index contributed by atoms with van der Waals surface area (Å²) in [6.07, 6.45) is 1.15. The molecule has 0 saturated carbocycles. The van der Waals surface area contributed by atoms with Gasteiger partial charge in [0.1, 0.15) is 40.7 Å². The van der Waals surface area contributed by atoms with Gasteiger partial charge in [-0.05, 0) is 51.9 Å². The Morgan fingerprint density at radius 3 is 2.63 bits per heavy atom. The number of hydrogen-bond donors (Lipinski definition) is 3. The van der Waals surface area contributed by atoms with Crippen LogP contribution in [0.2, 0.25) is 5.02 Å². The molecule has 4 rings (SSSR count). The van der Waals surface area contributed by atoms with Crippen molar-refractivity contribution in [3.63, 3.8) is 0 Å². The molecule has 51 heavy (non-hydrogen) atoms. The van der Waals surface area contributed by atoms with Crippen molar-refractivity contribution in [1.82, 2.24) is 15.5 Å². The number of halogens is 1. The van der Waals surface area contributed by atoms with Crippen LogP contribution in [-0.4, -0.2) is 118 Å². The van der Waals surface area contributed by atoms with Gasteiger partial charge in [0.2, 0.25) is 11.8 Å². The second-order valence-electron chi connectivity index (χ2n) is 13.8. The number of carbonyl (C=O) groups is 4. The molecule has 2 saturated heterocycles. The summed E-state index contributed by atoms with van der Waals surface area (Å²) in [5.74, 6) is -1.56. The molecular formula is C36H51ClN4O10. The van der Waals surface area contributed by atoms with E-state index in [0.717, 1.165) is 11.1 Å². The third-order valence-corrected chi connectivity index (χ3v) is 10.5. The average molecular weight is 735 g/mol. The number of fused-ring (bicyclic) bond motifs is 5. The molecule has 282 valence electrons. The summed E-state index contributed by atoms with van der Waals surface area (Å²) in [4.78, 5) is 55.9. The lowest BCUT2D eigenvalue weighted by Gasteiger charge is -2.42. The lowest BCUT2D eigenvalue weighted by molar-refractivity contribution is -0.162. The van der Waals surface area contributed by atoms with E-state index in [1.807, 2.05) is 13.0 Å². The number of methoxy groups -OCH3 is 2. The number of carbonyl (C=O) groups excluding carboxylic acids is 4. The predicted octanol–water partition coefficient (Wildman–Crippen LogP) is 3.12. The van der Waals surface area contributed by atoms with Crippen LogP contribution < -0.4 is 20.3 Å². The summed E-state index contributed by atoms with van der Waals surface area (Å²) in [6, 6.07) is 2.62. The number of allylic oxidation sites excluding steroid dienone is 3. The first kappa shape index (κ1) is 40.1. The van der Waals surface area contributed by atoms with E-state index in [1.165, 1.54) is 31.1 Å². The maximum atomic E-state index is 14.1. The summed E-state index contributed by atoms with van der Waals surface area (Å²) >= 11 is 6.74. The average Bonchev–Trinajstić information content (AvgIpc) is 3.79. The fraction of sp³-hybridized carbons (Fsp3) is 0.611. The van der Waals surface area contributed by atoms with Crippen LogP contribution in [0.5, 0.6) is 5.75 Å². The second-order valence-corrected chi connectivity index (χ2v) is 14.1. The minimum Gasteiger partial charge on any atom is -0.495 e. The molecule has 0 radical (unpaired) electrons. The molecule has 3 heterocycles.